The average Bonchev–Trinajstić information content (AvgIpc) is 3.29. The summed E-state index contributed by atoms with van der Waals surface area (Å²) in [5, 5.41) is 4.70. The predicted molar refractivity (Wildman–Crippen MR) is 114 cm³/mol. The van der Waals surface area contributed by atoms with Crippen LogP contribution >= 0.6 is 0 Å². The highest BCUT2D eigenvalue weighted by molar-refractivity contribution is 6.15. The van der Waals surface area contributed by atoms with E-state index >= 15 is 0 Å². The summed E-state index contributed by atoms with van der Waals surface area (Å²) in [4.78, 5) is 49.5. The lowest BCUT2D eigenvalue weighted by molar-refractivity contribution is -0.158. The molecule has 174 valence electrons. The molecule has 1 aromatic heterocycles. The quantitative estimate of drug-likeness (QED) is 0.398. The molecule has 0 bridgehead atoms. The van der Waals surface area contributed by atoms with Gasteiger partial charge in [-0.1, -0.05) is 0 Å². The predicted octanol–water partition coefficient (Wildman–Crippen LogP) is 2.27. The maximum atomic E-state index is 13.1. The van der Waals surface area contributed by atoms with Crippen molar-refractivity contribution in [2.75, 3.05) is 6.54 Å². The van der Waals surface area contributed by atoms with E-state index in [4.69, 9.17) is 14.9 Å². The third kappa shape index (κ3) is 5.89. The molecule has 2 aromatic rings. The molecule has 2 N–H and O–H groups in total. The van der Waals surface area contributed by atoms with Gasteiger partial charge in [-0.25, -0.2) is 14.2 Å². The van der Waals surface area contributed by atoms with Crippen LogP contribution in [0.3, 0.4) is 0 Å². The molecule has 1 saturated heterocycles. The molecule has 0 spiro atoms. The van der Waals surface area contributed by atoms with E-state index in [1.165, 1.54) is 18.3 Å². The molecule has 1 aliphatic heterocycles. The first-order valence-electron chi connectivity index (χ1n) is 10.00. The highest BCUT2D eigenvalue weighted by Gasteiger charge is 2.41. The van der Waals surface area contributed by atoms with Crippen molar-refractivity contribution in [3.05, 3.63) is 48.0 Å². The Morgan fingerprint density at radius 2 is 1.88 bits per heavy atom. The van der Waals surface area contributed by atoms with Gasteiger partial charge < -0.3 is 14.9 Å². The fourth-order valence-electron chi connectivity index (χ4n) is 2.88. The molecule has 3 rings (SSSR count). The lowest BCUT2D eigenvalue weighted by Gasteiger charge is -2.22. The molecule has 11 heteroatoms. The van der Waals surface area contributed by atoms with E-state index in [1.807, 2.05) is 0 Å². The van der Waals surface area contributed by atoms with Crippen LogP contribution in [0.5, 0.6) is 0 Å². The SMILES string of the molecule is CC(C)(C)OC(=O)C(N)CC(=O)N1C(=O)CN(N=Cc2ccc(-c3ccc(F)cc3)o2)C1=O. The van der Waals surface area contributed by atoms with Crippen LogP contribution in [0, 0.1) is 5.82 Å². The van der Waals surface area contributed by atoms with Gasteiger partial charge in [-0.2, -0.15) is 10.0 Å². The molecule has 10 nitrogen and oxygen atoms in total. The Labute approximate surface area is 188 Å². The van der Waals surface area contributed by atoms with Crippen LogP contribution < -0.4 is 5.73 Å². The molecular formula is C22H23FN4O6. The number of carbonyl (C=O) groups is 4. The van der Waals surface area contributed by atoms with Crippen LogP contribution in [-0.2, 0) is 19.1 Å². The maximum Gasteiger partial charge on any atom is 0.354 e. The molecule has 1 aromatic carbocycles. The van der Waals surface area contributed by atoms with Crippen LogP contribution in [0.15, 0.2) is 45.9 Å². The van der Waals surface area contributed by atoms with Crippen molar-refractivity contribution in [2.24, 2.45) is 10.8 Å². The highest BCUT2D eigenvalue weighted by atomic mass is 19.1. The minimum atomic E-state index is -1.33. The molecule has 4 amide bonds. The number of halogens is 1. The zero-order valence-electron chi connectivity index (χ0n) is 18.3. The van der Waals surface area contributed by atoms with Crippen LogP contribution in [0.4, 0.5) is 9.18 Å². The van der Waals surface area contributed by atoms with Gasteiger partial charge in [0.2, 0.25) is 5.91 Å². The van der Waals surface area contributed by atoms with Gasteiger partial charge in [-0.3, -0.25) is 14.4 Å². The Kier molecular flexibility index (Phi) is 6.73. The number of ether oxygens (including phenoxy) is 1. The zero-order valence-corrected chi connectivity index (χ0v) is 18.3. The van der Waals surface area contributed by atoms with Crippen molar-refractivity contribution < 1.29 is 32.7 Å². The maximum absolute atomic E-state index is 13.1. The molecule has 2 heterocycles. The molecule has 0 saturated carbocycles. The number of amides is 4. The fourth-order valence-corrected chi connectivity index (χ4v) is 2.88. The smallest absolute Gasteiger partial charge is 0.354 e. The Hall–Kier alpha value is -3.86. The lowest BCUT2D eigenvalue weighted by Crippen LogP contribution is -2.44. The van der Waals surface area contributed by atoms with Crippen molar-refractivity contribution in [2.45, 2.75) is 38.8 Å². The minimum absolute atomic E-state index is 0.270. The largest absolute Gasteiger partial charge is 0.459 e. The number of furan rings is 1. The number of urea groups is 1. The van der Waals surface area contributed by atoms with Crippen molar-refractivity contribution in [1.82, 2.24) is 9.91 Å². The summed E-state index contributed by atoms with van der Waals surface area (Å²) >= 11 is 0. The Bertz CT molecular complexity index is 1100. The monoisotopic (exact) mass is 458 g/mol. The summed E-state index contributed by atoms with van der Waals surface area (Å²) in [5.74, 6) is -2.21. The third-order valence-electron chi connectivity index (χ3n) is 4.38. The van der Waals surface area contributed by atoms with E-state index in [9.17, 15) is 23.6 Å². The van der Waals surface area contributed by atoms with E-state index in [2.05, 4.69) is 5.10 Å². The van der Waals surface area contributed by atoms with Gasteiger partial charge in [0, 0.05) is 5.56 Å². The summed E-state index contributed by atoms with van der Waals surface area (Å²) in [7, 11) is 0. The van der Waals surface area contributed by atoms with Crippen LogP contribution in [0.25, 0.3) is 11.3 Å². The summed E-state index contributed by atoms with van der Waals surface area (Å²) < 4.78 is 23.7. The van der Waals surface area contributed by atoms with Crippen molar-refractivity contribution in [3.63, 3.8) is 0 Å². The first-order chi connectivity index (χ1) is 15.4. The number of hydrazone groups is 1. The molecule has 0 radical (unpaired) electrons. The second-order valence-electron chi connectivity index (χ2n) is 8.26. The summed E-state index contributed by atoms with van der Waals surface area (Å²) in [5.41, 5.74) is 5.53. The second-order valence-corrected chi connectivity index (χ2v) is 8.26. The molecule has 1 aliphatic rings. The number of nitrogens with zero attached hydrogens (tertiary/aromatic N) is 3. The van der Waals surface area contributed by atoms with Gasteiger partial charge in [0.05, 0.1) is 12.6 Å². The molecule has 0 aliphatic carbocycles. The number of hydrogen-bond acceptors (Lipinski definition) is 8. The summed E-state index contributed by atoms with van der Waals surface area (Å²) in [6.45, 7) is 4.47. The van der Waals surface area contributed by atoms with Crippen LogP contribution in [0.1, 0.15) is 33.0 Å². The second kappa shape index (κ2) is 9.33. The Balaban J connectivity index is 1.63. The lowest BCUT2D eigenvalue weighted by atomic mass is 10.1. The topological polar surface area (TPSA) is 136 Å². The first kappa shape index (κ1) is 23.8. The summed E-state index contributed by atoms with van der Waals surface area (Å²) in [6, 6.07) is 6.59. The zero-order chi connectivity index (χ0) is 24.3. The number of imide groups is 3. The van der Waals surface area contributed by atoms with E-state index < -0.39 is 48.4 Å². The number of benzene rings is 1. The van der Waals surface area contributed by atoms with Gasteiger partial charge >= 0.3 is 12.0 Å². The normalized spacial score (nSPS) is 15.4. The van der Waals surface area contributed by atoms with Crippen LogP contribution in [0.2, 0.25) is 0 Å². The van der Waals surface area contributed by atoms with Gasteiger partial charge in [0.25, 0.3) is 5.91 Å². The summed E-state index contributed by atoms with van der Waals surface area (Å²) in [6.07, 6.45) is 0.627. The molecule has 1 unspecified atom stereocenters. The number of esters is 1. The Morgan fingerprint density at radius 1 is 1.21 bits per heavy atom. The van der Waals surface area contributed by atoms with Gasteiger partial charge in [0.15, 0.2) is 0 Å². The number of carbonyl (C=O) groups excluding carboxylic acids is 4. The van der Waals surface area contributed by atoms with E-state index in [1.54, 1.807) is 45.0 Å². The number of rotatable bonds is 6. The Morgan fingerprint density at radius 3 is 2.52 bits per heavy atom. The molecular weight excluding hydrogens is 435 g/mol. The van der Waals surface area contributed by atoms with Crippen molar-refractivity contribution in [3.8, 4) is 11.3 Å². The number of hydrogen-bond donors (Lipinski definition) is 1. The van der Waals surface area contributed by atoms with E-state index in [0.717, 1.165) is 5.01 Å². The molecule has 1 fully saturated rings. The fraction of sp³-hybridized carbons (Fsp3) is 0.318. The first-order valence-corrected chi connectivity index (χ1v) is 10.00. The van der Waals surface area contributed by atoms with Crippen molar-refractivity contribution in [1.29, 1.82) is 0 Å². The standard InChI is InChI=1S/C22H23FN4O6/c1-22(2,3)33-20(30)16(24)10-18(28)27-19(29)12-26(21(27)31)25-11-15-8-9-17(32-15)13-4-6-14(23)7-5-13/h4-9,11,16H,10,12,24H2,1-3H3. The van der Waals surface area contributed by atoms with Gasteiger partial charge in [-0.15, -0.1) is 0 Å². The average molecular weight is 458 g/mol. The minimum Gasteiger partial charge on any atom is -0.459 e. The van der Waals surface area contributed by atoms with Crippen molar-refractivity contribution >= 4 is 30.0 Å². The van der Waals surface area contributed by atoms with Crippen LogP contribution in [-0.4, -0.2) is 58.1 Å². The van der Waals surface area contributed by atoms with Gasteiger partial charge in [-0.05, 0) is 57.2 Å². The van der Waals surface area contributed by atoms with Gasteiger partial charge in [0.1, 0.15) is 35.5 Å². The molecule has 33 heavy (non-hydrogen) atoms. The third-order valence-corrected chi connectivity index (χ3v) is 4.38. The highest BCUT2D eigenvalue weighted by Crippen LogP contribution is 2.22. The van der Waals surface area contributed by atoms with E-state index in [-0.39, 0.29) is 11.6 Å². The van der Waals surface area contributed by atoms with E-state index in [0.29, 0.717) is 16.2 Å². The number of nitrogens with two attached hydrogens (primary N) is 1. The molecule has 1 atom stereocenters.